The molecular formula is C13H21ClN4O. The third kappa shape index (κ3) is 2.77. The minimum Gasteiger partial charge on any atom is -0.365 e. The van der Waals surface area contributed by atoms with Gasteiger partial charge in [-0.25, -0.2) is 4.68 Å². The molecule has 1 atom stereocenters. The minimum atomic E-state index is -0.226. The molecule has 2 N–H and O–H groups in total. The second-order valence-corrected chi connectivity index (χ2v) is 5.64. The monoisotopic (exact) mass is 284 g/mol. The molecule has 0 aromatic carbocycles. The van der Waals surface area contributed by atoms with Crippen LogP contribution in [-0.2, 0) is 0 Å². The van der Waals surface area contributed by atoms with Crippen LogP contribution < -0.4 is 16.2 Å². The highest BCUT2D eigenvalue weighted by Crippen LogP contribution is 2.28. The number of hydrogen-bond acceptors (Lipinski definition) is 4. The summed E-state index contributed by atoms with van der Waals surface area (Å²) >= 11 is 6.24. The van der Waals surface area contributed by atoms with Crippen LogP contribution in [0.3, 0.4) is 0 Å². The van der Waals surface area contributed by atoms with Gasteiger partial charge in [0.25, 0.3) is 5.56 Å². The quantitative estimate of drug-likeness (QED) is 0.919. The Labute approximate surface area is 118 Å². The zero-order valence-corrected chi connectivity index (χ0v) is 12.2. The third-order valence-electron chi connectivity index (χ3n) is 3.62. The van der Waals surface area contributed by atoms with Crippen molar-refractivity contribution in [3.8, 4) is 0 Å². The Bertz CT molecular complexity index is 500. The van der Waals surface area contributed by atoms with Gasteiger partial charge in [0.2, 0.25) is 0 Å². The number of nitrogens with two attached hydrogens (primary N) is 1. The van der Waals surface area contributed by atoms with E-state index in [9.17, 15) is 4.79 Å². The molecule has 19 heavy (non-hydrogen) atoms. The van der Waals surface area contributed by atoms with Crippen molar-refractivity contribution in [2.75, 3.05) is 18.0 Å². The van der Waals surface area contributed by atoms with E-state index >= 15 is 0 Å². The number of aromatic nitrogens is 2. The van der Waals surface area contributed by atoms with E-state index in [-0.39, 0.29) is 22.7 Å². The normalized spacial score (nSPS) is 20.1. The molecule has 0 saturated carbocycles. The lowest BCUT2D eigenvalue weighted by atomic mass is 10.0. The molecule has 1 aliphatic rings. The Morgan fingerprint density at radius 1 is 1.53 bits per heavy atom. The molecule has 1 aromatic heterocycles. The Morgan fingerprint density at radius 3 is 2.89 bits per heavy atom. The van der Waals surface area contributed by atoms with Crippen molar-refractivity contribution in [3.63, 3.8) is 0 Å². The van der Waals surface area contributed by atoms with E-state index < -0.39 is 0 Å². The number of hydrogen-bond donors (Lipinski definition) is 1. The Balaban J connectivity index is 2.40. The molecule has 1 unspecified atom stereocenters. The van der Waals surface area contributed by atoms with Crippen molar-refractivity contribution in [1.29, 1.82) is 0 Å². The molecule has 0 amide bonds. The molecule has 1 fully saturated rings. The van der Waals surface area contributed by atoms with Crippen LogP contribution in [0.25, 0.3) is 0 Å². The number of rotatable bonds is 3. The fraction of sp³-hybridized carbons (Fsp3) is 0.692. The molecule has 0 bridgehead atoms. The largest absolute Gasteiger partial charge is 0.365 e. The lowest BCUT2D eigenvalue weighted by molar-refractivity contribution is 0.460. The van der Waals surface area contributed by atoms with Gasteiger partial charge in [-0.2, -0.15) is 5.10 Å². The van der Waals surface area contributed by atoms with Crippen LogP contribution in [0.2, 0.25) is 5.02 Å². The first-order valence-corrected chi connectivity index (χ1v) is 7.18. The Kier molecular flexibility index (Phi) is 4.47. The van der Waals surface area contributed by atoms with E-state index in [4.69, 9.17) is 17.3 Å². The van der Waals surface area contributed by atoms with Gasteiger partial charge in [0, 0.05) is 19.1 Å². The zero-order valence-electron chi connectivity index (χ0n) is 11.5. The fourth-order valence-electron chi connectivity index (χ4n) is 2.57. The van der Waals surface area contributed by atoms with Crippen molar-refractivity contribution in [3.05, 3.63) is 21.6 Å². The molecule has 6 heteroatoms. The van der Waals surface area contributed by atoms with Gasteiger partial charge in [0.15, 0.2) is 0 Å². The lowest BCUT2D eigenvalue weighted by Crippen LogP contribution is -2.45. The van der Waals surface area contributed by atoms with Gasteiger partial charge in [-0.05, 0) is 33.1 Å². The van der Waals surface area contributed by atoms with Gasteiger partial charge in [0.1, 0.15) is 5.02 Å². The molecule has 1 saturated heterocycles. The number of halogens is 1. The smallest absolute Gasteiger partial charge is 0.287 e. The van der Waals surface area contributed by atoms with Gasteiger partial charge >= 0.3 is 0 Å². The summed E-state index contributed by atoms with van der Waals surface area (Å²) in [7, 11) is 0. The van der Waals surface area contributed by atoms with Gasteiger partial charge in [0.05, 0.1) is 17.9 Å². The van der Waals surface area contributed by atoms with Crippen molar-refractivity contribution in [2.24, 2.45) is 5.73 Å². The van der Waals surface area contributed by atoms with Crippen LogP contribution in [0.4, 0.5) is 5.69 Å². The average Bonchev–Trinajstić information content (AvgIpc) is 2.41. The van der Waals surface area contributed by atoms with Crippen LogP contribution in [0.15, 0.2) is 11.0 Å². The zero-order chi connectivity index (χ0) is 14.0. The Hall–Kier alpha value is -1.07. The predicted molar refractivity (Wildman–Crippen MR) is 77.9 cm³/mol. The summed E-state index contributed by atoms with van der Waals surface area (Å²) in [6, 6.07) is 0.257. The topological polar surface area (TPSA) is 64.2 Å². The van der Waals surface area contributed by atoms with Crippen molar-refractivity contribution in [1.82, 2.24) is 9.78 Å². The molecular weight excluding hydrogens is 264 g/mol. The summed E-state index contributed by atoms with van der Waals surface area (Å²) in [5, 5.41) is 4.47. The molecule has 2 heterocycles. The molecule has 0 radical (unpaired) electrons. The van der Waals surface area contributed by atoms with Gasteiger partial charge < -0.3 is 10.6 Å². The van der Waals surface area contributed by atoms with Crippen molar-refractivity contribution >= 4 is 17.3 Å². The standard InChI is InChI=1S/C13H21ClN4O/c1-9(2)18-13(19)12(14)11(8-16-18)17-6-4-3-5-10(17)7-15/h8-10H,3-7,15H2,1-2H3. The maximum atomic E-state index is 12.2. The summed E-state index contributed by atoms with van der Waals surface area (Å²) in [5.74, 6) is 0. The van der Waals surface area contributed by atoms with Crippen LogP contribution >= 0.6 is 11.6 Å². The number of piperidine rings is 1. The summed E-state index contributed by atoms with van der Waals surface area (Å²) in [6.07, 6.45) is 5.00. The molecule has 0 aliphatic carbocycles. The van der Waals surface area contributed by atoms with E-state index in [2.05, 4.69) is 10.00 Å². The van der Waals surface area contributed by atoms with E-state index in [1.165, 1.54) is 11.1 Å². The first kappa shape index (κ1) is 14.3. The summed E-state index contributed by atoms with van der Waals surface area (Å²) in [5.41, 5.74) is 6.30. The summed E-state index contributed by atoms with van der Waals surface area (Å²) in [6.45, 7) is 5.28. The molecule has 1 aromatic rings. The highest BCUT2D eigenvalue weighted by atomic mass is 35.5. The lowest BCUT2D eigenvalue weighted by Gasteiger charge is -2.37. The summed E-state index contributed by atoms with van der Waals surface area (Å²) in [4.78, 5) is 14.3. The Morgan fingerprint density at radius 2 is 2.26 bits per heavy atom. The van der Waals surface area contributed by atoms with Crippen molar-refractivity contribution < 1.29 is 0 Å². The molecule has 2 rings (SSSR count). The second kappa shape index (κ2) is 5.92. The highest BCUT2D eigenvalue weighted by molar-refractivity contribution is 6.33. The molecule has 106 valence electrons. The number of anilines is 1. The predicted octanol–water partition coefficient (Wildman–Crippen LogP) is 1.80. The molecule has 1 aliphatic heterocycles. The van der Waals surface area contributed by atoms with E-state index in [1.54, 1.807) is 6.20 Å². The first-order chi connectivity index (χ1) is 9.06. The van der Waals surface area contributed by atoms with Crippen LogP contribution in [0.1, 0.15) is 39.2 Å². The maximum Gasteiger partial charge on any atom is 0.287 e. The van der Waals surface area contributed by atoms with E-state index in [0.717, 1.165) is 25.1 Å². The minimum absolute atomic E-state index is 0.00529. The van der Waals surface area contributed by atoms with Crippen molar-refractivity contribution in [2.45, 2.75) is 45.2 Å². The van der Waals surface area contributed by atoms with Crippen LogP contribution in [0, 0.1) is 0 Å². The van der Waals surface area contributed by atoms with E-state index in [1.807, 2.05) is 13.8 Å². The fourth-order valence-corrected chi connectivity index (χ4v) is 2.81. The van der Waals surface area contributed by atoms with Gasteiger partial charge in [-0.15, -0.1) is 0 Å². The van der Waals surface area contributed by atoms with Crippen LogP contribution in [0.5, 0.6) is 0 Å². The second-order valence-electron chi connectivity index (χ2n) is 5.27. The average molecular weight is 285 g/mol. The maximum absolute atomic E-state index is 12.2. The van der Waals surface area contributed by atoms with E-state index in [0.29, 0.717) is 6.54 Å². The molecule has 5 nitrogen and oxygen atoms in total. The van der Waals surface area contributed by atoms with Crippen LogP contribution in [-0.4, -0.2) is 28.9 Å². The van der Waals surface area contributed by atoms with Gasteiger partial charge in [-0.1, -0.05) is 11.6 Å². The van der Waals surface area contributed by atoms with Gasteiger partial charge in [-0.3, -0.25) is 4.79 Å². The first-order valence-electron chi connectivity index (χ1n) is 6.80. The SMILES string of the molecule is CC(C)n1ncc(N2CCCCC2CN)c(Cl)c1=O. The highest BCUT2D eigenvalue weighted by Gasteiger charge is 2.25. The molecule has 0 spiro atoms. The number of nitrogens with zero attached hydrogens (tertiary/aromatic N) is 3. The summed E-state index contributed by atoms with van der Waals surface area (Å²) < 4.78 is 1.41. The third-order valence-corrected chi connectivity index (χ3v) is 3.98.